The Bertz CT molecular complexity index is 1100. The van der Waals surface area contributed by atoms with Crippen molar-refractivity contribution in [2.75, 3.05) is 7.11 Å². The molecule has 31 heavy (non-hydrogen) atoms. The summed E-state index contributed by atoms with van der Waals surface area (Å²) in [6, 6.07) is 24.3. The number of nitrogens with one attached hydrogen (secondary N) is 1. The first-order valence-corrected chi connectivity index (χ1v) is 9.74. The molecule has 0 bridgehead atoms. The highest BCUT2D eigenvalue weighted by atomic mass is 16.5. The van der Waals surface area contributed by atoms with Crippen LogP contribution in [0.3, 0.4) is 0 Å². The van der Waals surface area contributed by atoms with Crippen LogP contribution < -0.4 is 14.9 Å². The van der Waals surface area contributed by atoms with Gasteiger partial charge in [0.1, 0.15) is 6.61 Å². The predicted octanol–water partition coefficient (Wildman–Crippen LogP) is 4.34. The quantitative estimate of drug-likeness (QED) is 0.440. The fourth-order valence-electron chi connectivity index (χ4n) is 3.01. The van der Waals surface area contributed by atoms with Crippen LogP contribution in [0, 0.1) is 18.3 Å². The third-order valence-corrected chi connectivity index (χ3v) is 4.58. The molecule has 0 saturated carbocycles. The van der Waals surface area contributed by atoms with Crippen molar-refractivity contribution in [3.63, 3.8) is 0 Å². The number of amides is 1. The van der Waals surface area contributed by atoms with E-state index in [4.69, 9.17) is 9.47 Å². The van der Waals surface area contributed by atoms with Gasteiger partial charge in [-0.25, -0.2) is 5.43 Å². The molecule has 3 aromatic carbocycles. The average Bonchev–Trinajstić information content (AvgIpc) is 2.79. The number of benzene rings is 3. The molecule has 0 radical (unpaired) electrons. The Morgan fingerprint density at radius 1 is 1.10 bits per heavy atom. The molecule has 3 rings (SSSR count). The van der Waals surface area contributed by atoms with E-state index >= 15 is 0 Å². The Labute approximate surface area is 181 Å². The monoisotopic (exact) mass is 413 g/mol. The minimum absolute atomic E-state index is 0.427. The largest absolute Gasteiger partial charge is 0.493 e. The van der Waals surface area contributed by atoms with Crippen molar-refractivity contribution >= 4 is 12.1 Å². The molecule has 0 aliphatic heterocycles. The van der Waals surface area contributed by atoms with Crippen molar-refractivity contribution in [3.05, 3.63) is 95.1 Å². The molecule has 0 saturated heterocycles. The summed E-state index contributed by atoms with van der Waals surface area (Å²) in [7, 11) is 1.56. The molecule has 1 N–H and O–H groups in total. The number of rotatable bonds is 8. The van der Waals surface area contributed by atoms with Gasteiger partial charge >= 0.3 is 0 Å². The Balaban J connectivity index is 1.63. The average molecular weight is 413 g/mol. The summed E-state index contributed by atoms with van der Waals surface area (Å²) in [5.41, 5.74) is 6.00. The first kappa shape index (κ1) is 21.6. The van der Waals surface area contributed by atoms with Gasteiger partial charge in [-0.05, 0) is 41.8 Å². The van der Waals surface area contributed by atoms with Crippen molar-refractivity contribution < 1.29 is 14.3 Å². The van der Waals surface area contributed by atoms with Gasteiger partial charge in [0.2, 0.25) is 0 Å². The van der Waals surface area contributed by atoms with Crippen LogP contribution >= 0.6 is 0 Å². The van der Waals surface area contributed by atoms with Crippen LogP contribution in [0.1, 0.15) is 28.2 Å². The number of nitriles is 1. The van der Waals surface area contributed by atoms with Crippen LogP contribution in [-0.4, -0.2) is 19.2 Å². The van der Waals surface area contributed by atoms with Crippen LogP contribution in [0.15, 0.2) is 77.9 Å². The number of hydrogen-bond acceptors (Lipinski definition) is 5. The number of ether oxygens (including phenoxy) is 2. The van der Waals surface area contributed by atoms with Crippen LogP contribution in [0.2, 0.25) is 0 Å². The Morgan fingerprint density at radius 3 is 2.61 bits per heavy atom. The van der Waals surface area contributed by atoms with Crippen LogP contribution in [-0.2, 0) is 11.4 Å². The summed E-state index contributed by atoms with van der Waals surface area (Å²) in [6.45, 7) is 2.46. The molecular weight excluding hydrogens is 390 g/mol. The van der Waals surface area contributed by atoms with Gasteiger partial charge in [0.15, 0.2) is 17.4 Å². The number of carbonyl (C=O) groups is 1. The van der Waals surface area contributed by atoms with E-state index < -0.39 is 11.8 Å². The smallest absolute Gasteiger partial charge is 0.261 e. The Kier molecular flexibility index (Phi) is 7.39. The first-order valence-electron chi connectivity index (χ1n) is 9.74. The van der Waals surface area contributed by atoms with Gasteiger partial charge in [-0.3, -0.25) is 4.79 Å². The number of hydrazone groups is 1. The van der Waals surface area contributed by atoms with Crippen molar-refractivity contribution in [1.82, 2.24) is 5.43 Å². The predicted molar refractivity (Wildman–Crippen MR) is 119 cm³/mol. The van der Waals surface area contributed by atoms with E-state index in [2.05, 4.69) is 16.6 Å². The van der Waals surface area contributed by atoms with Crippen molar-refractivity contribution in [1.29, 1.82) is 5.26 Å². The van der Waals surface area contributed by atoms with Crippen LogP contribution in [0.4, 0.5) is 0 Å². The second kappa shape index (κ2) is 10.6. The highest BCUT2D eigenvalue weighted by Crippen LogP contribution is 2.28. The molecule has 0 unspecified atom stereocenters. The zero-order valence-corrected chi connectivity index (χ0v) is 17.4. The third kappa shape index (κ3) is 5.94. The fraction of sp³-hybridized carbons (Fsp3) is 0.160. The zero-order valence-electron chi connectivity index (χ0n) is 17.4. The SMILES string of the molecule is COc1cc(/C=N\NC(=O)[C@H](C#N)c2ccccc2)ccc1OCc1cccc(C)c1. The second-order valence-electron chi connectivity index (χ2n) is 6.90. The van der Waals surface area contributed by atoms with E-state index in [1.807, 2.05) is 43.3 Å². The molecule has 0 aliphatic carbocycles. The van der Waals surface area contributed by atoms with Crippen molar-refractivity contribution in [2.24, 2.45) is 5.10 Å². The summed E-state index contributed by atoms with van der Waals surface area (Å²) in [5, 5.41) is 13.3. The first-order chi connectivity index (χ1) is 15.1. The van der Waals surface area contributed by atoms with Gasteiger partial charge in [-0.1, -0.05) is 60.2 Å². The van der Waals surface area contributed by atoms with E-state index in [1.165, 1.54) is 11.8 Å². The molecule has 1 amide bonds. The van der Waals surface area contributed by atoms with E-state index in [0.717, 1.165) is 5.56 Å². The number of nitrogens with zero attached hydrogens (tertiary/aromatic N) is 2. The Hall–Kier alpha value is -4.11. The molecule has 1 atom stereocenters. The maximum atomic E-state index is 12.3. The molecule has 0 fully saturated rings. The summed E-state index contributed by atoms with van der Waals surface area (Å²) < 4.78 is 11.3. The van der Waals surface area contributed by atoms with Gasteiger partial charge in [0.25, 0.3) is 5.91 Å². The lowest BCUT2D eigenvalue weighted by molar-refractivity contribution is -0.121. The molecule has 3 aromatic rings. The minimum Gasteiger partial charge on any atom is -0.493 e. The standard InChI is InChI=1S/C25H23N3O3/c1-18-7-6-8-20(13-18)17-31-23-12-11-19(14-24(23)30-2)16-27-28-25(29)22(15-26)21-9-4-3-5-10-21/h3-14,16,22H,17H2,1-2H3,(H,28,29)/b27-16-/t22-/m1/s1. The van der Waals surface area contributed by atoms with E-state index in [9.17, 15) is 10.1 Å². The molecule has 0 spiro atoms. The second-order valence-corrected chi connectivity index (χ2v) is 6.90. The molecule has 0 aromatic heterocycles. The molecule has 0 heterocycles. The van der Waals surface area contributed by atoms with Gasteiger partial charge < -0.3 is 9.47 Å². The number of methoxy groups -OCH3 is 1. The van der Waals surface area contributed by atoms with Gasteiger partial charge in [0, 0.05) is 0 Å². The van der Waals surface area contributed by atoms with Gasteiger partial charge in [-0.15, -0.1) is 0 Å². The summed E-state index contributed by atoms with van der Waals surface area (Å²) in [5.74, 6) is -0.249. The molecule has 6 heteroatoms. The number of aryl methyl sites for hydroxylation is 1. The maximum Gasteiger partial charge on any atom is 0.261 e. The van der Waals surface area contributed by atoms with E-state index in [-0.39, 0.29) is 0 Å². The van der Waals surface area contributed by atoms with Gasteiger partial charge in [0.05, 0.1) is 19.4 Å². The van der Waals surface area contributed by atoms with E-state index in [1.54, 1.807) is 43.5 Å². The fourth-order valence-corrected chi connectivity index (χ4v) is 3.01. The Morgan fingerprint density at radius 2 is 1.90 bits per heavy atom. The van der Waals surface area contributed by atoms with Gasteiger partial charge in [-0.2, -0.15) is 10.4 Å². The maximum absolute atomic E-state index is 12.3. The highest BCUT2D eigenvalue weighted by molar-refractivity contribution is 5.88. The summed E-state index contributed by atoms with van der Waals surface area (Å²) in [6.07, 6.45) is 1.49. The third-order valence-electron chi connectivity index (χ3n) is 4.58. The molecule has 0 aliphatic rings. The normalized spacial score (nSPS) is 11.5. The molecule has 6 nitrogen and oxygen atoms in total. The summed E-state index contributed by atoms with van der Waals surface area (Å²) in [4.78, 5) is 12.3. The minimum atomic E-state index is -0.926. The lowest BCUT2D eigenvalue weighted by atomic mass is 10.0. The molecule has 156 valence electrons. The zero-order chi connectivity index (χ0) is 22.1. The number of hydrogen-bond donors (Lipinski definition) is 1. The summed E-state index contributed by atoms with van der Waals surface area (Å²) >= 11 is 0. The highest BCUT2D eigenvalue weighted by Gasteiger charge is 2.19. The van der Waals surface area contributed by atoms with E-state index in [0.29, 0.717) is 29.2 Å². The lowest BCUT2D eigenvalue weighted by Crippen LogP contribution is -2.24. The topological polar surface area (TPSA) is 83.7 Å². The molecular formula is C25H23N3O3. The van der Waals surface area contributed by atoms with Crippen LogP contribution in [0.5, 0.6) is 11.5 Å². The van der Waals surface area contributed by atoms with Crippen LogP contribution in [0.25, 0.3) is 0 Å². The lowest BCUT2D eigenvalue weighted by Gasteiger charge is -2.12. The number of carbonyl (C=O) groups excluding carboxylic acids is 1. The van der Waals surface area contributed by atoms with Crippen molar-refractivity contribution in [2.45, 2.75) is 19.4 Å². The van der Waals surface area contributed by atoms with Crippen molar-refractivity contribution in [3.8, 4) is 17.6 Å².